The molecule has 142 valence electrons. The summed E-state index contributed by atoms with van der Waals surface area (Å²) in [6.07, 6.45) is 0. The van der Waals surface area contributed by atoms with Gasteiger partial charge in [-0.1, -0.05) is 108 Å². The molecule has 2 heteroatoms. The molecule has 0 fully saturated rings. The highest BCUT2D eigenvalue weighted by Gasteiger charge is 2.36. The van der Waals surface area contributed by atoms with E-state index in [1.165, 1.54) is 32.4 Å². The SMILES string of the molecule is O=C1c2ccccc2B(c2ccccc2)c2c1cc1ccc3cccc4ccc2c1c34. The first kappa shape index (κ1) is 16.8. The molecule has 0 amide bonds. The summed E-state index contributed by atoms with van der Waals surface area (Å²) in [7, 11) is 0. The molecule has 0 atom stereocenters. The maximum atomic E-state index is 13.7. The zero-order valence-electron chi connectivity index (χ0n) is 16.8. The molecule has 0 spiro atoms. The highest BCUT2D eigenvalue weighted by atomic mass is 16.1. The first-order valence-corrected chi connectivity index (χ1v) is 10.7. The molecule has 1 nitrogen and oxygen atoms in total. The molecular weight excluding hydrogens is 375 g/mol. The fourth-order valence-electron chi connectivity index (χ4n) is 5.58. The Balaban J connectivity index is 1.70. The van der Waals surface area contributed by atoms with E-state index in [0.29, 0.717) is 0 Å². The van der Waals surface area contributed by atoms with E-state index < -0.39 is 0 Å². The molecule has 0 radical (unpaired) electrons. The van der Waals surface area contributed by atoms with Crippen molar-refractivity contribution in [1.29, 1.82) is 0 Å². The van der Waals surface area contributed by atoms with Gasteiger partial charge in [0.15, 0.2) is 5.78 Å². The molecule has 0 aliphatic carbocycles. The standard InChI is InChI=1S/C29H17BO/c31-29-22-11-4-5-12-25(22)30(21-9-2-1-3-10-21)28-23-16-15-19-8-6-7-18-13-14-20(17-24(28)29)27(23)26(18)19/h1-17H. The predicted molar refractivity (Wildman–Crippen MR) is 131 cm³/mol. The van der Waals surface area contributed by atoms with E-state index in [4.69, 9.17) is 0 Å². The van der Waals surface area contributed by atoms with Crippen molar-refractivity contribution >= 4 is 61.2 Å². The van der Waals surface area contributed by atoms with Crippen molar-refractivity contribution in [2.75, 3.05) is 0 Å². The molecule has 0 unspecified atom stereocenters. The van der Waals surface area contributed by atoms with Crippen LogP contribution in [0.15, 0.2) is 103 Å². The van der Waals surface area contributed by atoms with Crippen LogP contribution in [-0.4, -0.2) is 12.5 Å². The van der Waals surface area contributed by atoms with Crippen LogP contribution in [-0.2, 0) is 0 Å². The molecule has 1 aliphatic heterocycles. The Morgan fingerprint density at radius 3 is 2.10 bits per heavy atom. The monoisotopic (exact) mass is 392 g/mol. The predicted octanol–water partition coefficient (Wildman–Crippen LogP) is 4.64. The number of hydrogen-bond acceptors (Lipinski definition) is 1. The van der Waals surface area contributed by atoms with Crippen LogP contribution < -0.4 is 16.4 Å². The van der Waals surface area contributed by atoms with Gasteiger partial charge < -0.3 is 0 Å². The van der Waals surface area contributed by atoms with Crippen LogP contribution in [0, 0.1) is 0 Å². The summed E-state index contributed by atoms with van der Waals surface area (Å²) in [6, 6.07) is 36.0. The van der Waals surface area contributed by atoms with Gasteiger partial charge in [0.2, 0.25) is 6.71 Å². The van der Waals surface area contributed by atoms with Crippen LogP contribution in [0.4, 0.5) is 0 Å². The second-order valence-corrected chi connectivity index (χ2v) is 8.45. The first-order valence-electron chi connectivity index (χ1n) is 10.7. The van der Waals surface area contributed by atoms with Gasteiger partial charge in [0.25, 0.3) is 0 Å². The van der Waals surface area contributed by atoms with Crippen molar-refractivity contribution in [2.24, 2.45) is 0 Å². The number of carbonyl (C=O) groups excluding carboxylic acids is 1. The molecule has 0 aromatic heterocycles. The van der Waals surface area contributed by atoms with Gasteiger partial charge in [-0.2, -0.15) is 0 Å². The van der Waals surface area contributed by atoms with E-state index in [0.717, 1.165) is 27.4 Å². The summed E-state index contributed by atoms with van der Waals surface area (Å²) < 4.78 is 0. The number of rotatable bonds is 1. The Morgan fingerprint density at radius 2 is 1.26 bits per heavy atom. The van der Waals surface area contributed by atoms with E-state index >= 15 is 0 Å². The van der Waals surface area contributed by atoms with Crippen LogP contribution in [0.1, 0.15) is 15.9 Å². The van der Waals surface area contributed by atoms with Crippen LogP contribution in [0.25, 0.3) is 32.3 Å². The molecule has 7 rings (SSSR count). The fraction of sp³-hybridized carbons (Fsp3) is 0. The molecule has 6 aromatic carbocycles. The van der Waals surface area contributed by atoms with E-state index in [1.54, 1.807) is 0 Å². The fourth-order valence-corrected chi connectivity index (χ4v) is 5.58. The quantitative estimate of drug-likeness (QED) is 0.294. The van der Waals surface area contributed by atoms with Crippen LogP contribution in [0.5, 0.6) is 0 Å². The molecule has 0 saturated heterocycles. The highest BCUT2D eigenvalue weighted by molar-refractivity contribution is 6.99. The molecular formula is C29H17BO. The summed E-state index contributed by atoms with van der Waals surface area (Å²) in [5, 5.41) is 7.37. The van der Waals surface area contributed by atoms with Gasteiger partial charge in [0.05, 0.1) is 0 Å². The Morgan fingerprint density at radius 1 is 0.548 bits per heavy atom. The highest BCUT2D eigenvalue weighted by Crippen LogP contribution is 2.35. The minimum atomic E-state index is 0.0367. The molecule has 1 heterocycles. The summed E-state index contributed by atoms with van der Waals surface area (Å²) in [4.78, 5) is 13.7. The Kier molecular flexibility index (Phi) is 3.29. The minimum absolute atomic E-state index is 0.0367. The van der Waals surface area contributed by atoms with Crippen molar-refractivity contribution in [1.82, 2.24) is 0 Å². The van der Waals surface area contributed by atoms with Gasteiger partial charge in [0.1, 0.15) is 0 Å². The smallest absolute Gasteiger partial charge is 0.243 e. The number of fused-ring (bicyclic) bond motifs is 3. The maximum absolute atomic E-state index is 13.7. The molecule has 0 saturated carbocycles. The average molecular weight is 392 g/mol. The number of benzene rings is 6. The zero-order valence-corrected chi connectivity index (χ0v) is 16.8. The van der Waals surface area contributed by atoms with E-state index in [1.807, 2.05) is 18.2 Å². The lowest BCUT2D eigenvalue weighted by atomic mass is 9.33. The third-order valence-electron chi connectivity index (χ3n) is 6.87. The third-order valence-corrected chi connectivity index (χ3v) is 6.87. The summed E-state index contributed by atoms with van der Waals surface area (Å²) in [5.41, 5.74) is 5.11. The van der Waals surface area contributed by atoms with Gasteiger partial charge in [-0.25, -0.2) is 0 Å². The minimum Gasteiger partial charge on any atom is -0.289 e. The van der Waals surface area contributed by atoms with Crippen molar-refractivity contribution < 1.29 is 4.79 Å². The summed E-state index contributed by atoms with van der Waals surface area (Å²) >= 11 is 0. The maximum Gasteiger partial charge on any atom is 0.243 e. The lowest BCUT2D eigenvalue weighted by Crippen LogP contribution is -2.58. The van der Waals surface area contributed by atoms with Gasteiger partial charge in [0, 0.05) is 11.1 Å². The second kappa shape index (κ2) is 6.06. The van der Waals surface area contributed by atoms with Crippen molar-refractivity contribution in [3.63, 3.8) is 0 Å². The van der Waals surface area contributed by atoms with E-state index in [9.17, 15) is 4.79 Å². The van der Waals surface area contributed by atoms with Gasteiger partial charge in [-0.15, -0.1) is 0 Å². The largest absolute Gasteiger partial charge is 0.289 e. The van der Waals surface area contributed by atoms with E-state index in [-0.39, 0.29) is 12.5 Å². The number of hydrogen-bond donors (Lipinski definition) is 0. The lowest BCUT2D eigenvalue weighted by molar-refractivity contribution is 0.104. The van der Waals surface area contributed by atoms with E-state index in [2.05, 4.69) is 84.9 Å². The molecule has 31 heavy (non-hydrogen) atoms. The Bertz CT molecular complexity index is 1630. The molecule has 0 N–H and O–H groups in total. The van der Waals surface area contributed by atoms with Crippen LogP contribution >= 0.6 is 0 Å². The first-order chi connectivity index (χ1) is 15.3. The van der Waals surface area contributed by atoms with Crippen molar-refractivity contribution in [2.45, 2.75) is 0 Å². The Labute approximate surface area is 180 Å². The van der Waals surface area contributed by atoms with Gasteiger partial charge >= 0.3 is 0 Å². The van der Waals surface area contributed by atoms with Gasteiger partial charge in [-0.05, 0) is 43.8 Å². The lowest BCUT2D eigenvalue weighted by Gasteiger charge is -2.28. The molecule has 6 aromatic rings. The van der Waals surface area contributed by atoms with Crippen LogP contribution in [0.2, 0.25) is 0 Å². The molecule has 0 bridgehead atoms. The van der Waals surface area contributed by atoms with Crippen LogP contribution in [0.3, 0.4) is 0 Å². The topological polar surface area (TPSA) is 17.1 Å². The van der Waals surface area contributed by atoms with Crippen molar-refractivity contribution in [3.8, 4) is 0 Å². The van der Waals surface area contributed by atoms with Crippen molar-refractivity contribution in [3.05, 3.63) is 114 Å². The summed E-state index contributed by atoms with van der Waals surface area (Å²) in [5.74, 6) is 0.128. The second-order valence-electron chi connectivity index (χ2n) is 8.45. The zero-order chi connectivity index (χ0) is 20.5. The van der Waals surface area contributed by atoms with Gasteiger partial charge in [-0.3, -0.25) is 4.79 Å². The number of ketones is 1. The normalized spacial score (nSPS) is 13.2. The average Bonchev–Trinajstić information content (AvgIpc) is 2.83. The molecule has 1 aliphatic rings. The third kappa shape index (κ3) is 2.19. The number of carbonyl (C=O) groups is 1. The summed E-state index contributed by atoms with van der Waals surface area (Å²) in [6.45, 7) is 0.0367. The Hall–Kier alpha value is -3.91.